The molecule has 5 nitrogen and oxygen atoms in total. The van der Waals surface area contributed by atoms with Crippen LogP contribution in [-0.4, -0.2) is 9.67 Å². The zero-order chi connectivity index (χ0) is 26.3. The lowest BCUT2D eigenvalue weighted by molar-refractivity contribution is -0.137. The Morgan fingerprint density at radius 3 is 2.22 bits per heavy atom. The molecule has 10 heteroatoms. The van der Waals surface area contributed by atoms with Gasteiger partial charge in [-0.25, -0.2) is 9.18 Å². The molecule has 1 N–H and O–H groups in total. The maximum absolute atomic E-state index is 14.1. The second-order valence-corrected chi connectivity index (χ2v) is 9.03. The zero-order valence-electron chi connectivity index (χ0n) is 18.6. The first-order valence-corrected chi connectivity index (χ1v) is 11.6. The van der Waals surface area contributed by atoms with Crippen molar-refractivity contribution >= 4 is 22.7 Å². The molecule has 0 bridgehead atoms. The van der Waals surface area contributed by atoms with E-state index in [-0.39, 0.29) is 32.1 Å². The standard InChI is InChI=1S/C27H15F4NO4S/c28-17-7-4-8-18(13-17)32-20(15-5-2-1-3-6-15)14-21-22(25(32)34)23(33)24(26(35)36-21)37-19-11-9-16(10-12-19)27(29,30)31/h1-14,33H. The van der Waals surface area contributed by atoms with Gasteiger partial charge in [0.2, 0.25) is 0 Å². The number of halogens is 4. The van der Waals surface area contributed by atoms with Crippen LogP contribution in [0.25, 0.3) is 27.9 Å². The van der Waals surface area contributed by atoms with Crippen LogP contribution in [0.1, 0.15) is 5.56 Å². The van der Waals surface area contributed by atoms with Gasteiger partial charge in [0.1, 0.15) is 21.7 Å². The van der Waals surface area contributed by atoms with Gasteiger partial charge in [-0.15, -0.1) is 0 Å². The van der Waals surface area contributed by atoms with Crippen molar-refractivity contribution < 1.29 is 27.1 Å². The number of rotatable bonds is 4. The number of fused-ring (bicyclic) bond motifs is 1. The topological polar surface area (TPSA) is 72.4 Å². The normalized spacial score (nSPS) is 11.7. The molecule has 0 aliphatic rings. The summed E-state index contributed by atoms with van der Waals surface area (Å²) in [6, 6.07) is 19.3. The van der Waals surface area contributed by atoms with Crippen molar-refractivity contribution in [2.45, 2.75) is 16.0 Å². The average Bonchev–Trinajstić information content (AvgIpc) is 2.86. The molecule has 2 aromatic heterocycles. The molecule has 186 valence electrons. The van der Waals surface area contributed by atoms with E-state index in [1.807, 2.05) is 0 Å². The molecule has 0 aliphatic heterocycles. The van der Waals surface area contributed by atoms with Crippen LogP contribution >= 0.6 is 11.8 Å². The Labute approximate surface area is 210 Å². The van der Waals surface area contributed by atoms with Crippen LogP contribution in [0, 0.1) is 5.82 Å². The predicted molar refractivity (Wildman–Crippen MR) is 131 cm³/mol. The first-order valence-electron chi connectivity index (χ1n) is 10.8. The van der Waals surface area contributed by atoms with E-state index >= 15 is 0 Å². The van der Waals surface area contributed by atoms with Gasteiger partial charge in [-0.2, -0.15) is 13.2 Å². The van der Waals surface area contributed by atoms with Crippen LogP contribution in [0.15, 0.2) is 109 Å². The van der Waals surface area contributed by atoms with Crippen molar-refractivity contribution in [2.24, 2.45) is 0 Å². The van der Waals surface area contributed by atoms with Crippen molar-refractivity contribution in [3.8, 4) is 22.7 Å². The lowest BCUT2D eigenvalue weighted by Crippen LogP contribution is -2.22. The van der Waals surface area contributed by atoms with Crippen molar-refractivity contribution in [2.75, 3.05) is 0 Å². The number of alkyl halides is 3. The van der Waals surface area contributed by atoms with E-state index in [1.54, 1.807) is 30.3 Å². The summed E-state index contributed by atoms with van der Waals surface area (Å²) >= 11 is 0.657. The van der Waals surface area contributed by atoms with Gasteiger partial charge in [0, 0.05) is 11.0 Å². The summed E-state index contributed by atoms with van der Waals surface area (Å²) in [4.78, 5) is 26.3. The number of aromatic hydroxyl groups is 1. The van der Waals surface area contributed by atoms with Gasteiger partial charge in [-0.1, -0.05) is 48.2 Å². The highest BCUT2D eigenvalue weighted by Crippen LogP contribution is 2.38. The molecule has 0 spiro atoms. The van der Waals surface area contributed by atoms with E-state index < -0.39 is 34.5 Å². The molecule has 0 atom stereocenters. The molecule has 0 radical (unpaired) electrons. The summed E-state index contributed by atoms with van der Waals surface area (Å²) in [7, 11) is 0. The minimum atomic E-state index is -4.54. The lowest BCUT2D eigenvalue weighted by atomic mass is 10.1. The van der Waals surface area contributed by atoms with Crippen LogP contribution in [0.3, 0.4) is 0 Å². The monoisotopic (exact) mass is 525 g/mol. The summed E-state index contributed by atoms with van der Waals surface area (Å²) < 4.78 is 59.3. The number of pyridine rings is 1. The highest BCUT2D eigenvalue weighted by atomic mass is 32.2. The van der Waals surface area contributed by atoms with Gasteiger partial charge in [0.15, 0.2) is 5.75 Å². The molecule has 0 aliphatic carbocycles. The van der Waals surface area contributed by atoms with E-state index in [2.05, 4.69) is 0 Å². The van der Waals surface area contributed by atoms with Crippen LogP contribution in [0.5, 0.6) is 5.75 Å². The highest BCUT2D eigenvalue weighted by molar-refractivity contribution is 7.99. The third-order valence-corrected chi connectivity index (χ3v) is 6.62. The minimum Gasteiger partial charge on any atom is -0.505 e. The highest BCUT2D eigenvalue weighted by Gasteiger charge is 2.30. The molecule has 5 aromatic rings. The fourth-order valence-corrected chi connectivity index (χ4v) is 4.69. The Hall–Kier alpha value is -4.31. The minimum absolute atomic E-state index is 0.174. The summed E-state index contributed by atoms with van der Waals surface area (Å²) in [5, 5.41) is 10.7. The maximum Gasteiger partial charge on any atom is 0.416 e. The Bertz CT molecular complexity index is 1740. The largest absolute Gasteiger partial charge is 0.505 e. The smallest absolute Gasteiger partial charge is 0.416 e. The van der Waals surface area contributed by atoms with Crippen LogP contribution in [0.4, 0.5) is 17.6 Å². The summed E-state index contributed by atoms with van der Waals surface area (Å²) in [6.07, 6.45) is -4.54. The summed E-state index contributed by atoms with van der Waals surface area (Å²) in [6.45, 7) is 0. The van der Waals surface area contributed by atoms with Gasteiger partial charge < -0.3 is 9.52 Å². The molecule has 5 rings (SSSR count). The van der Waals surface area contributed by atoms with Crippen LogP contribution in [0.2, 0.25) is 0 Å². The van der Waals surface area contributed by atoms with Crippen LogP contribution < -0.4 is 11.2 Å². The van der Waals surface area contributed by atoms with Gasteiger partial charge in [-0.05, 0) is 48.0 Å². The molecule has 0 saturated heterocycles. The van der Waals surface area contributed by atoms with E-state index in [4.69, 9.17) is 4.42 Å². The predicted octanol–water partition coefficient (Wildman–Crippen LogP) is 6.63. The van der Waals surface area contributed by atoms with Crippen molar-refractivity contribution in [3.05, 3.63) is 117 Å². The fourth-order valence-electron chi connectivity index (χ4n) is 3.86. The fraction of sp³-hybridized carbons (Fsp3) is 0.0370. The third-order valence-electron chi connectivity index (χ3n) is 5.55. The second kappa shape index (κ2) is 9.29. The van der Waals surface area contributed by atoms with Crippen LogP contribution in [-0.2, 0) is 6.18 Å². The van der Waals surface area contributed by atoms with E-state index in [0.29, 0.717) is 17.3 Å². The number of benzene rings is 3. The SMILES string of the molecule is O=c1oc2cc(-c3ccccc3)n(-c3cccc(F)c3)c(=O)c2c(O)c1Sc1ccc(C(F)(F)F)cc1. The molecule has 3 aromatic carbocycles. The van der Waals surface area contributed by atoms with E-state index in [1.165, 1.54) is 28.8 Å². The molecule has 37 heavy (non-hydrogen) atoms. The van der Waals surface area contributed by atoms with Gasteiger partial charge in [0.05, 0.1) is 16.9 Å². The van der Waals surface area contributed by atoms with Crippen molar-refractivity contribution in [1.82, 2.24) is 4.57 Å². The number of hydrogen-bond donors (Lipinski definition) is 1. The van der Waals surface area contributed by atoms with Gasteiger partial charge >= 0.3 is 11.8 Å². The summed E-state index contributed by atoms with van der Waals surface area (Å²) in [5.41, 5.74) is -1.80. The summed E-state index contributed by atoms with van der Waals surface area (Å²) in [5.74, 6) is -1.28. The van der Waals surface area contributed by atoms with Crippen molar-refractivity contribution in [3.63, 3.8) is 0 Å². The average molecular weight is 525 g/mol. The zero-order valence-corrected chi connectivity index (χ0v) is 19.4. The Balaban J connectivity index is 1.73. The molecule has 2 heterocycles. The van der Waals surface area contributed by atoms with Gasteiger partial charge in [-0.3, -0.25) is 9.36 Å². The molecule has 0 saturated carbocycles. The molecule has 0 unspecified atom stereocenters. The molecular formula is C27H15F4NO4S. The molecule has 0 amide bonds. The molecular weight excluding hydrogens is 510 g/mol. The van der Waals surface area contributed by atoms with Crippen molar-refractivity contribution in [1.29, 1.82) is 0 Å². The third kappa shape index (κ3) is 4.63. The quantitative estimate of drug-likeness (QED) is 0.267. The van der Waals surface area contributed by atoms with Gasteiger partial charge in [0.25, 0.3) is 5.56 Å². The first-order chi connectivity index (χ1) is 17.6. The Morgan fingerprint density at radius 2 is 1.57 bits per heavy atom. The number of hydrogen-bond acceptors (Lipinski definition) is 5. The van der Waals surface area contributed by atoms with E-state index in [9.17, 15) is 32.3 Å². The number of aromatic nitrogens is 1. The Morgan fingerprint density at radius 1 is 0.865 bits per heavy atom. The van der Waals surface area contributed by atoms with E-state index in [0.717, 1.165) is 30.3 Å². The second-order valence-electron chi connectivity index (χ2n) is 7.95. The first kappa shape index (κ1) is 24.4. The Kier molecular flexibility index (Phi) is 6.12. The number of nitrogens with zero attached hydrogens (tertiary/aromatic N) is 1. The maximum atomic E-state index is 14.1. The lowest BCUT2D eigenvalue weighted by Gasteiger charge is -2.15. The molecule has 0 fully saturated rings.